The molecule has 0 unspecified atom stereocenters. The molecular formula is C21H21BrN2O4S. The number of thiophene rings is 1. The summed E-state index contributed by atoms with van der Waals surface area (Å²) in [6.07, 6.45) is 0. The second-order valence-electron chi connectivity index (χ2n) is 6.97. The zero-order valence-electron chi connectivity index (χ0n) is 15.7. The number of likely N-dealkylation sites (tertiary alicyclic amines) is 1. The normalized spacial score (nSPS) is 22.4. The second kappa shape index (κ2) is 8.79. The molecule has 1 aromatic heterocycles. The molecule has 6 nitrogen and oxygen atoms in total. The van der Waals surface area contributed by atoms with Gasteiger partial charge in [-0.05, 0) is 23.6 Å². The van der Waals surface area contributed by atoms with Crippen LogP contribution in [0.5, 0.6) is 0 Å². The van der Waals surface area contributed by atoms with E-state index < -0.39 is 17.7 Å². The molecule has 2 aromatic rings. The maximum absolute atomic E-state index is 12.9. The Balaban J connectivity index is 1.68. The standard InChI is InChI=1S/C21H21BrN2O4S/c22-15-5-3-14(4-6-15)19(25)17-18(16-2-1-13-29-16)24(21(27)20(17)26)8-7-23-9-11-28-12-10-23/h1-6,13,18,25H,7-12H2/t18-/m1/s1. The maximum atomic E-state index is 12.9. The van der Waals surface area contributed by atoms with Crippen LogP contribution in [0.25, 0.3) is 5.76 Å². The fourth-order valence-corrected chi connectivity index (χ4v) is 4.80. The molecule has 0 spiro atoms. The minimum Gasteiger partial charge on any atom is -0.507 e. The fraction of sp³-hybridized carbons (Fsp3) is 0.333. The second-order valence-corrected chi connectivity index (χ2v) is 8.86. The summed E-state index contributed by atoms with van der Waals surface area (Å²) in [5.74, 6) is -1.33. The molecule has 0 aliphatic carbocycles. The summed E-state index contributed by atoms with van der Waals surface area (Å²) in [6.45, 7) is 4.06. The Morgan fingerprint density at radius 3 is 2.52 bits per heavy atom. The number of aliphatic hydroxyl groups excluding tert-OH is 1. The number of benzene rings is 1. The van der Waals surface area contributed by atoms with E-state index in [0.717, 1.165) is 22.4 Å². The summed E-state index contributed by atoms with van der Waals surface area (Å²) in [5.41, 5.74) is 0.669. The van der Waals surface area contributed by atoms with Crippen LogP contribution in [0.3, 0.4) is 0 Å². The molecule has 0 saturated carbocycles. The predicted molar refractivity (Wildman–Crippen MR) is 115 cm³/mol. The maximum Gasteiger partial charge on any atom is 0.295 e. The molecule has 1 aromatic carbocycles. The van der Waals surface area contributed by atoms with Crippen molar-refractivity contribution in [3.63, 3.8) is 0 Å². The lowest BCUT2D eigenvalue weighted by atomic mass is 10.00. The van der Waals surface area contributed by atoms with Gasteiger partial charge in [0.2, 0.25) is 0 Å². The molecule has 0 radical (unpaired) electrons. The van der Waals surface area contributed by atoms with Crippen molar-refractivity contribution in [3.05, 3.63) is 62.3 Å². The summed E-state index contributed by atoms with van der Waals surface area (Å²) < 4.78 is 6.25. The predicted octanol–water partition coefficient (Wildman–Crippen LogP) is 3.26. The Kier molecular flexibility index (Phi) is 6.15. The quantitative estimate of drug-likeness (QED) is 0.407. The van der Waals surface area contributed by atoms with Crippen molar-refractivity contribution in [2.75, 3.05) is 39.4 Å². The van der Waals surface area contributed by atoms with Crippen LogP contribution in [0.4, 0.5) is 0 Å². The topological polar surface area (TPSA) is 70.1 Å². The zero-order chi connectivity index (χ0) is 20.4. The SMILES string of the molecule is O=C1C(=O)N(CCN2CCOCC2)[C@H](c2cccs2)C1=C(O)c1ccc(Br)cc1. The van der Waals surface area contributed by atoms with Gasteiger partial charge in [-0.1, -0.05) is 34.1 Å². The minimum absolute atomic E-state index is 0.136. The number of hydrogen-bond acceptors (Lipinski definition) is 6. The average Bonchev–Trinajstić information content (AvgIpc) is 3.35. The summed E-state index contributed by atoms with van der Waals surface area (Å²) >= 11 is 4.85. The minimum atomic E-state index is -0.634. The van der Waals surface area contributed by atoms with Gasteiger partial charge in [-0.25, -0.2) is 0 Å². The van der Waals surface area contributed by atoms with Crippen molar-refractivity contribution in [3.8, 4) is 0 Å². The first-order valence-corrected chi connectivity index (χ1v) is 11.1. The third kappa shape index (κ3) is 4.16. The van der Waals surface area contributed by atoms with Crippen LogP contribution in [-0.4, -0.2) is 66.0 Å². The van der Waals surface area contributed by atoms with Gasteiger partial charge in [0.1, 0.15) is 5.76 Å². The van der Waals surface area contributed by atoms with Gasteiger partial charge in [0.25, 0.3) is 11.7 Å². The van der Waals surface area contributed by atoms with Crippen LogP contribution in [0.15, 0.2) is 51.8 Å². The molecule has 2 aliphatic heterocycles. The highest BCUT2D eigenvalue weighted by Crippen LogP contribution is 2.41. The van der Waals surface area contributed by atoms with E-state index in [4.69, 9.17) is 4.74 Å². The number of ketones is 1. The number of amides is 1. The van der Waals surface area contributed by atoms with Gasteiger partial charge in [0.15, 0.2) is 0 Å². The van der Waals surface area contributed by atoms with Crippen LogP contribution < -0.4 is 0 Å². The van der Waals surface area contributed by atoms with E-state index in [1.807, 2.05) is 17.5 Å². The Morgan fingerprint density at radius 2 is 1.86 bits per heavy atom. The van der Waals surface area contributed by atoms with Crippen molar-refractivity contribution < 1.29 is 19.4 Å². The molecule has 8 heteroatoms. The Labute approximate surface area is 181 Å². The van der Waals surface area contributed by atoms with Gasteiger partial charge in [0, 0.05) is 41.1 Å². The van der Waals surface area contributed by atoms with Gasteiger partial charge >= 0.3 is 0 Å². The Hall–Kier alpha value is -2.00. The van der Waals surface area contributed by atoms with Crippen LogP contribution in [0.1, 0.15) is 16.5 Å². The third-order valence-corrected chi connectivity index (χ3v) is 6.68. The molecule has 3 heterocycles. The fourth-order valence-electron chi connectivity index (χ4n) is 3.69. The van der Waals surface area contributed by atoms with E-state index >= 15 is 0 Å². The van der Waals surface area contributed by atoms with Gasteiger partial charge in [-0.3, -0.25) is 14.5 Å². The highest BCUT2D eigenvalue weighted by molar-refractivity contribution is 9.10. The molecule has 2 fully saturated rings. The molecule has 2 saturated heterocycles. The lowest BCUT2D eigenvalue weighted by Crippen LogP contribution is -2.42. The first-order chi connectivity index (χ1) is 14.1. The van der Waals surface area contributed by atoms with Crippen molar-refractivity contribution in [1.29, 1.82) is 0 Å². The first-order valence-electron chi connectivity index (χ1n) is 9.44. The molecule has 1 atom stereocenters. The summed E-state index contributed by atoms with van der Waals surface area (Å²) in [6, 6.07) is 10.3. The van der Waals surface area contributed by atoms with Crippen molar-refractivity contribution in [2.24, 2.45) is 0 Å². The van der Waals surface area contributed by atoms with Crippen LogP contribution >= 0.6 is 27.3 Å². The largest absolute Gasteiger partial charge is 0.507 e. The molecular weight excluding hydrogens is 456 g/mol. The van der Waals surface area contributed by atoms with Gasteiger partial charge in [-0.2, -0.15) is 0 Å². The summed E-state index contributed by atoms with van der Waals surface area (Å²) in [7, 11) is 0. The molecule has 1 N–H and O–H groups in total. The molecule has 4 rings (SSSR count). The van der Waals surface area contributed by atoms with E-state index in [-0.39, 0.29) is 11.3 Å². The highest BCUT2D eigenvalue weighted by Gasteiger charge is 2.46. The van der Waals surface area contributed by atoms with Crippen LogP contribution in [0.2, 0.25) is 0 Å². The van der Waals surface area contributed by atoms with Crippen LogP contribution in [-0.2, 0) is 14.3 Å². The van der Waals surface area contributed by atoms with E-state index in [0.29, 0.717) is 31.9 Å². The Morgan fingerprint density at radius 1 is 1.14 bits per heavy atom. The number of ether oxygens (including phenoxy) is 1. The van der Waals surface area contributed by atoms with E-state index in [9.17, 15) is 14.7 Å². The van der Waals surface area contributed by atoms with E-state index in [1.54, 1.807) is 29.2 Å². The molecule has 29 heavy (non-hydrogen) atoms. The van der Waals surface area contributed by atoms with Gasteiger partial charge in [-0.15, -0.1) is 11.3 Å². The summed E-state index contributed by atoms with van der Waals surface area (Å²) in [5, 5.41) is 12.9. The monoisotopic (exact) mass is 476 g/mol. The number of nitrogens with zero attached hydrogens (tertiary/aromatic N) is 2. The van der Waals surface area contributed by atoms with Gasteiger partial charge < -0.3 is 14.7 Å². The number of morpholine rings is 1. The lowest BCUT2D eigenvalue weighted by molar-refractivity contribution is -0.140. The lowest BCUT2D eigenvalue weighted by Gasteiger charge is -2.30. The number of halogens is 1. The molecule has 2 aliphatic rings. The number of rotatable bonds is 5. The number of Topliss-reactive ketones (excluding diaryl/α,β-unsaturated/α-hetero) is 1. The molecule has 1 amide bonds. The van der Waals surface area contributed by atoms with Crippen molar-refractivity contribution in [1.82, 2.24) is 9.80 Å². The van der Waals surface area contributed by atoms with E-state index in [2.05, 4.69) is 20.8 Å². The Bertz CT molecular complexity index is 921. The average molecular weight is 477 g/mol. The number of carbonyl (C=O) groups excluding carboxylic acids is 2. The zero-order valence-corrected chi connectivity index (χ0v) is 18.1. The summed E-state index contributed by atoms with van der Waals surface area (Å²) in [4.78, 5) is 30.5. The first kappa shape index (κ1) is 20.3. The number of hydrogen-bond donors (Lipinski definition) is 1. The third-order valence-electron chi connectivity index (χ3n) is 5.23. The van der Waals surface area contributed by atoms with Crippen molar-refractivity contribution in [2.45, 2.75) is 6.04 Å². The number of aliphatic hydroxyl groups is 1. The molecule has 0 bridgehead atoms. The number of carbonyl (C=O) groups is 2. The smallest absolute Gasteiger partial charge is 0.295 e. The highest BCUT2D eigenvalue weighted by atomic mass is 79.9. The van der Waals surface area contributed by atoms with E-state index in [1.165, 1.54) is 11.3 Å². The van der Waals surface area contributed by atoms with Gasteiger partial charge in [0.05, 0.1) is 24.8 Å². The molecule has 152 valence electrons. The van der Waals surface area contributed by atoms with Crippen LogP contribution in [0, 0.1) is 0 Å². The van der Waals surface area contributed by atoms with Crippen molar-refractivity contribution >= 4 is 44.7 Å².